The third kappa shape index (κ3) is 27.6. The number of carbonyl (C=O) groups excluding carboxylic acids is 6. The Balaban J connectivity index is 1.07. The van der Waals surface area contributed by atoms with Crippen LogP contribution < -0.4 is 48.3 Å². The van der Waals surface area contributed by atoms with Crippen LogP contribution in [0.15, 0.2) is 83.9 Å². The lowest BCUT2D eigenvalue weighted by Crippen LogP contribution is -2.51. The summed E-state index contributed by atoms with van der Waals surface area (Å²) in [6.07, 6.45) is 2.70. The van der Waals surface area contributed by atoms with Crippen LogP contribution in [-0.4, -0.2) is 247 Å². The number of hydrogen-bond acceptors (Lipinski definition) is 19. The van der Waals surface area contributed by atoms with Gasteiger partial charge in [-0.1, -0.05) is 61.5 Å². The van der Waals surface area contributed by atoms with Gasteiger partial charge in [0.15, 0.2) is 5.96 Å². The first kappa shape index (κ1) is 64.6. The van der Waals surface area contributed by atoms with Crippen molar-refractivity contribution in [2.75, 3.05) is 136 Å². The molecule has 2 aliphatic heterocycles. The van der Waals surface area contributed by atoms with Crippen molar-refractivity contribution in [2.24, 2.45) is 10.7 Å². The Bertz CT molecular complexity index is 2760. The van der Waals surface area contributed by atoms with Gasteiger partial charge in [-0.25, -0.2) is 4.79 Å². The van der Waals surface area contributed by atoms with Gasteiger partial charge in [0.1, 0.15) is 11.8 Å². The fourth-order valence-electron chi connectivity index (χ4n) is 9.87. The molecule has 0 aromatic heterocycles. The number of nitrogens with one attached hydrogen (secondary N) is 8. The van der Waals surface area contributed by atoms with Crippen LogP contribution in [0.1, 0.15) is 68.1 Å². The van der Waals surface area contributed by atoms with Gasteiger partial charge < -0.3 is 68.7 Å². The summed E-state index contributed by atoms with van der Waals surface area (Å²) in [7, 11) is 0. The summed E-state index contributed by atoms with van der Waals surface area (Å²) in [5.41, 5.74) is 8.85. The molecule has 0 radical (unpaired) electrons. The Labute approximate surface area is 511 Å². The van der Waals surface area contributed by atoms with Gasteiger partial charge in [-0.15, -0.1) is 0 Å². The predicted molar refractivity (Wildman–Crippen MR) is 325 cm³/mol. The second kappa shape index (κ2) is 37.9. The number of likely N-dealkylation sites (tertiary alicyclic amines) is 1. The third-order valence-corrected chi connectivity index (χ3v) is 14.6. The Kier molecular flexibility index (Phi) is 28.1. The van der Waals surface area contributed by atoms with Crippen LogP contribution in [0.5, 0.6) is 5.75 Å². The van der Waals surface area contributed by atoms with E-state index in [-0.39, 0.29) is 127 Å². The molecule has 0 spiro atoms. The highest BCUT2D eigenvalue weighted by Gasteiger charge is 2.29. The lowest BCUT2D eigenvalue weighted by atomic mass is 9.90. The minimum Gasteiger partial charge on any atom is -0.508 e. The van der Waals surface area contributed by atoms with Crippen molar-refractivity contribution in [2.45, 2.75) is 70.0 Å². The first-order valence-corrected chi connectivity index (χ1v) is 29.5. The molecule has 5 rings (SSSR count). The van der Waals surface area contributed by atoms with Crippen molar-refractivity contribution in [3.05, 3.63) is 95.6 Å². The van der Waals surface area contributed by atoms with Crippen LogP contribution >= 0.6 is 0 Å². The van der Waals surface area contributed by atoms with Gasteiger partial charge in [0.25, 0.3) is 4.29 Å². The zero-order valence-electron chi connectivity index (χ0n) is 52.4. The number of benzene rings is 3. The normalized spacial score (nSPS) is 16.5. The number of phenolic OH excluding ortho intramolecular Hbond substituents is 1. The van der Waals surface area contributed by atoms with E-state index < -0.39 is 47.7 Å². The highest BCUT2D eigenvalue weighted by Crippen LogP contribution is 2.27. The fraction of sp³-hybridized carbons (Fsp3) is 0.525. The number of guanidine groups is 1. The van der Waals surface area contributed by atoms with Crippen LogP contribution in [-0.2, 0) is 44.9 Å². The molecule has 28 nitrogen and oxygen atoms in total. The van der Waals surface area contributed by atoms with Gasteiger partial charge in [-0.2, -0.15) is 4.99 Å². The minimum absolute atomic E-state index is 0.00727. The summed E-state index contributed by atoms with van der Waals surface area (Å²) >= 11 is 0. The zero-order valence-corrected chi connectivity index (χ0v) is 49.4. The van der Waals surface area contributed by atoms with E-state index in [1.165, 1.54) is 12.1 Å². The molecule has 2 heterocycles. The van der Waals surface area contributed by atoms with E-state index in [0.29, 0.717) is 95.6 Å². The van der Waals surface area contributed by atoms with Crippen LogP contribution in [0.2, 0.25) is 0 Å². The second-order valence-corrected chi connectivity index (χ2v) is 21.4. The van der Waals surface area contributed by atoms with Crippen molar-refractivity contribution in [1.82, 2.24) is 61.7 Å². The number of rotatable bonds is 31. The minimum atomic E-state index is -0.983. The molecule has 3 aromatic rings. The quantitative estimate of drug-likeness (QED) is 0.0213. The number of aliphatic carboxylic acids is 3. The Hall–Kier alpha value is -8.44. The van der Waals surface area contributed by atoms with Crippen molar-refractivity contribution in [1.29, 1.82) is 4.29 Å². The number of nitrogens with two attached hydrogens (primary N) is 1. The van der Waals surface area contributed by atoms with Crippen LogP contribution in [0.4, 0.5) is 10.5 Å². The van der Waals surface area contributed by atoms with Crippen molar-refractivity contribution >= 4 is 65.1 Å². The van der Waals surface area contributed by atoms with Gasteiger partial charge >= 0.3 is 23.9 Å². The van der Waals surface area contributed by atoms with E-state index in [1.54, 1.807) is 33.8 Å². The highest BCUT2D eigenvalue weighted by atomic mass is 16.4. The molecule has 2 fully saturated rings. The summed E-state index contributed by atoms with van der Waals surface area (Å²) in [4.78, 5) is 128. The van der Waals surface area contributed by atoms with Gasteiger partial charge in [-0.05, 0) is 73.1 Å². The molecule has 87 heavy (non-hydrogen) atoms. The van der Waals surface area contributed by atoms with E-state index in [0.717, 1.165) is 11.3 Å². The number of hydrogen-bond donors (Lipinski definition) is 13. The van der Waals surface area contributed by atoms with Gasteiger partial charge in [-0.3, -0.25) is 62.9 Å². The molecule has 2 aliphatic rings. The first-order chi connectivity index (χ1) is 43.4. The lowest BCUT2D eigenvalue weighted by Gasteiger charge is -2.34. The molecular formula is C59H87N15O13. The number of phenols is 1. The molecular weight excluding hydrogens is 1130 g/mol. The average molecular weight is 1220 g/mol. The number of amides is 7. The molecule has 1 unspecified atom stereocenters. The maximum Gasteiger partial charge on any atom is 0.344 e. The highest BCUT2D eigenvalue weighted by molar-refractivity contribution is 5.93. The van der Waals surface area contributed by atoms with Crippen LogP contribution in [0.25, 0.3) is 4.29 Å². The summed E-state index contributed by atoms with van der Waals surface area (Å²) in [6, 6.07) is 21.2. The Morgan fingerprint density at radius 2 is 1.08 bits per heavy atom. The lowest BCUT2D eigenvalue weighted by molar-refractivity contribution is -0.140. The standard InChI is InChI=1S/C59H87N15O13/c1-2-49(76)63-24-25-65-59(87)69-58(60)64-21-6-10-48(56(85)66-36-42-11-17-47(75)18-12-42)68-57(86)55(43-8-4-3-5-9-43)44-13-15-45(16-14-44)61-22-7-23-62-50(77)37-70-26-19-46(20-27-70)67-51(78)38-71-28-30-72(39-52(79)80)32-34-74(41-54(83)84)35-33-73(31-29-71)40-53(81)82/h3-5,8-9,11-18,46,48,55,61,75H,2,6-7,10,19-41H2,1H3,(H,62,77)(H,63,76)(H,66,85)(H,67,78)(H,68,86)(H,79,80)(H,81,82)(H,83,84)(H4,60,64,65,69,87)/t48-,55?/m1/s1/i/hD3. The number of urea groups is 1. The molecule has 14 N–H and O–H groups in total. The SMILES string of the molecule is [2H]OC(=O)CN1CCN(CC(=O)NC2CCN(CC(=O)NCCCNc3ccc(C(C(=O)N[C@H](CCCN/C(N)=N\C(=O)NCCNC(=O)CC)C(=O)NCc4ccc(O)cc4)c4ccccc4)cc3)CC2)CCN(CC(=O)O[2H])CCN(CC(=O)O[2H])CC1. The maximum absolute atomic E-state index is 14.4. The average Bonchev–Trinajstić information content (AvgIpc) is 2.68. The monoisotopic (exact) mass is 1220 g/mol. The molecule has 0 saturated carbocycles. The van der Waals surface area contributed by atoms with Gasteiger partial charge in [0.05, 0.1) is 38.6 Å². The zero-order chi connectivity index (χ0) is 65.0. The summed E-state index contributed by atoms with van der Waals surface area (Å²) in [6.45, 7) is 6.51. The van der Waals surface area contributed by atoms with E-state index in [1.807, 2.05) is 64.4 Å². The summed E-state index contributed by atoms with van der Waals surface area (Å²) in [5.74, 6) is -4.56. The molecule has 3 aromatic carbocycles. The van der Waals surface area contributed by atoms with E-state index in [4.69, 9.17) is 10.0 Å². The van der Waals surface area contributed by atoms with E-state index >= 15 is 0 Å². The number of aliphatic imine (C=N–C) groups is 1. The second-order valence-electron chi connectivity index (χ2n) is 21.4. The fourth-order valence-corrected chi connectivity index (χ4v) is 9.87. The van der Waals surface area contributed by atoms with Crippen molar-refractivity contribution in [3.63, 3.8) is 0 Å². The van der Waals surface area contributed by atoms with Crippen LogP contribution in [0, 0.1) is 0 Å². The number of aromatic hydroxyl groups is 1. The number of carbonyl (C=O) groups is 9. The van der Waals surface area contributed by atoms with Crippen LogP contribution in [0.3, 0.4) is 0 Å². The van der Waals surface area contributed by atoms with E-state index in [2.05, 4.69) is 62.9 Å². The number of carboxylic acids is 3. The van der Waals surface area contributed by atoms with Crippen molar-refractivity contribution in [3.8, 4) is 5.75 Å². The number of nitrogens with zero attached hydrogens (tertiary/aromatic N) is 6. The third-order valence-electron chi connectivity index (χ3n) is 14.6. The number of anilines is 1. The molecule has 0 aliphatic carbocycles. The Morgan fingerprint density at radius 1 is 0.563 bits per heavy atom. The molecule has 2 atom stereocenters. The maximum atomic E-state index is 14.4. The van der Waals surface area contributed by atoms with Gasteiger partial charge in [0, 0.05) is 123 Å². The largest absolute Gasteiger partial charge is 0.508 e. The first-order valence-electron chi connectivity index (χ1n) is 30.7. The Morgan fingerprint density at radius 3 is 1.66 bits per heavy atom. The van der Waals surface area contributed by atoms with E-state index in [9.17, 15) is 48.3 Å². The smallest absolute Gasteiger partial charge is 0.344 e. The van der Waals surface area contributed by atoms with Gasteiger partial charge in [0.2, 0.25) is 29.5 Å². The topological polar surface area (TPSA) is 385 Å². The molecule has 0 bridgehead atoms. The number of carboxylic acid groups (broad SMARTS) is 3. The summed E-state index contributed by atoms with van der Waals surface area (Å²) in [5, 5.41) is 45.6. The predicted octanol–water partition coefficient (Wildman–Crippen LogP) is -0.780. The number of piperidine rings is 1. The summed E-state index contributed by atoms with van der Waals surface area (Å²) < 4.78 is 21.1. The van der Waals surface area contributed by atoms with Crippen molar-refractivity contribution < 1.29 is 63.6 Å². The molecule has 2 saturated heterocycles. The molecule has 476 valence electrons. The molecule has 7 amide bonds. The molecule has 28 heteroatoms.